The lowest BCUT2D eigenvalue weighted by atomic mass is 9.96. The molecular formula is C23H20N2O4S. The molecule has 0 bridgehead atoms. The molecule has 0 atom stereocenters. The number of fused-ring (bicyclic) bond motifs is 1. The van der Waals surface area contributed by atoms with Gasteiger partial charge in [0.15, 0.2) is 5.78 Å². The first-order valence-electron chi connectivity index (χ1n) is 9.33. The Labute approximate surface area is 175 Å². The third kappa shape index (κ3) is 3.59. The highest BCUT2D eigenvalue weighted by Crippen LogP contribution is 2.36. The minimum absolute atomic E-state index is 0.0588. The topological polar surface area (TPSA) is 76.6 Å². The van der Waals surface area contributed by atoms with Crippen molar-refractivity contribution >= 4 is 27.6 Å². The van der Waals surface area contributed by atoms with E-state index in [2.05, 4.69) is 4.98 Å². The summed E-state index contributed by atoms with van der Waals surface area (Å²) in [5, 5.41) is 0. The second kappa shape index (κ2) is 7.76. The van der Waals surface area contributed by atoms with E-state index in [1.165, 1.54) is 11.4 Å². The summed E-state index contributed by atoms with van der Waals surface area (Å²) in [7, 11) is -2.37. The molecule has 0 aliphatic carbocycles. The lowest BCUT2D eigenvalue weighted by Crippen LogP contribution is -2.38. The van der Waals surface area contributed by atoms with E-state index in [0.717, 1.165) is 11.1 Å². The van der Waals surface area contributed by atoms with Crippen LogP contribution in [0.1, 0.15) is 21.5 Å². The number of methoxy groups -OCH3 is 1. The van der Waals surface area contributed by atoms with Gasteiger partial charge in [-0.25, -0.2) is 8.42 Å². The van der Waals surface area contributed by atoms with Crippen LogP contribution >= 0.6 is 0 Å². The molecule has 1 aromatic heterocycles. The van der Waals surface area contributed by atoms with Gasteiger partial charge in [-0.05, 0) is 61.0 Å². The number of aromatic nitrogens is 1. The van der Waals surface area contributed by atoms with Gasteiger partial charge in [0.25, 0.3) is 10.0 Å². The Morgan fingerprint density at radius 1 is 1.03 bits per heavy atom. The lowest BCUT2D eigenvalue weighted by molar-refractivity contribution is 0.103. The molecule has 0 saturated carbocycles. The molecule has 2 heterocycles. The fraction of sp³-hybridized carbons (Fsp3) is 0.130. The van der Waals surface area contributed by atoms with Crippen LogP contribution in [0.4, 0.5) is 5.69 Å². The second-order valence-corrected chi connectivity index (χ2v) is 8.85. The van der Waals surface area contributed by atoms with E-state index >= 15 is 0 Å². The molecule has 152 valence electrons. The van der Waals surface area contributed by atoms with Gasteiger partial charge in [-0.1, -0.05) is 17.7 Å². The van der Waals surface area contributed by atoms with Crippen LogP contribution in [-0.4, -0.2) is 32.8 Å². The highest BCUT2D eigenvalue weighted by Gasteiger charge is 2.35. The predicted molar refractivity (Wildman–Crippen MR) is 115 cm³/mol. The van der Waals surface area contributed by atoms with Gasteiger partial charge in [0, 0.05) is 18.0 Å². The van der Waals surface area contributed by atoms with Crippen molar-refractivity contribution < 1.29 is 17.9 Å². The molecule has 30 heavy (non-hydrogen) atoms. The third-order valence-electron chi connectivity index (χ3n) is 4.98. The number of rotatable bonds is 4. The molecule has 1 aliphatic rings. The molecule has 1 aliphatic heterocycles. The number of nitrogens with zero attached hydrogens (tertiary/aromatic N) is 2. The molecule has 0 amide bonds. The summed E-state index contributed by atoms with van der Waals surface area (Å²) in [5.41, 5.74) is 2.74. The number of sulfonamides is 1. The van der Waals surface area contributed by atoms with Gasteiger partial charge < -0.3 is 4.74 Å². The van der Waals surface area contributed by atoms with Crippen LogP contribution in [-0.2, 0) is 10.0 Å². The third-order valence-corrected chi connectivity index (χ3v) is 6.75. The minimum Gasteiger partial charge on any atom is -0.497 e. The van der Waals surface area contributed by atoms with E-state index in [9.17, 15) is 13.2 Å². The molecule has 0 unspecified atom stereocenters. The summed E-state index contributed by atoms with van der Waals surface area (Å²) in [6.07, 6.45) is 4.94. The average Bonchev–Trinajstić information content (AvgIpc) is 2.76. The predicted octanol–water partition coefficient (Wildman–Crippen LogP) is 3.87. The number of carbonyl (C=O) groups excluding carboxylic acids is 1. The van der Waals surface area contributed by atoms with Crippen LogP contribution in [0.5, 0.6) is 5.75 Å². The number of carbonyl (C=O) groups is 1. The summed E-state index contributed by atoms with van der Waals surface area (Å²) < 4.78 is 33.5. The zero-order valence-electron chi connectivity index (χ0n) is 16.6. The standard InChI is InChI=1S/C23H20N2O4S/c1-16-3-6-20(7-4-16)30(27,28)25-15-18(13-17-9-11-24-12-10-17)23(26)21-14-19(29-2)5-8-22(21)25/h3-14H,15H2,1-2H3/b18-13-. The molecule has 7 heteroatoms. The van der Waals surface area contributed by atoms with Gasteiger partial charge in [0.2, 0.25) is 0 Å². The van der Waals surface area contributed by atoms with Crippen LogP contribution in [0, 0.1) is 6.92 Å². The number of aryl methyl sites for hydroxylation is 1. The number of pyridine rings is 1. The van der Waals surface area contributed by atoms with Gasteiger partial charge in [0.05, 0.1) is 29.8 Å². The molecule has 3 aromatic rings. The number of ether oxygens (including phenoxy) is 1. The monoisotopic (exact) mass is 420 g/mol. The largest absolute Gasteiger partial charge is 0.497 e. The lowest BCUT2D eigenvalue weighted by Gasteiger charge is -2.31. The van der Waals surface area contributed by atoms with Crippen molar-refractivity contribution in [1.29, 1.82) is 0 Å². The molecule has 6 nitrogen and oxygen atoms in total. The zero-order valence-corrected chi connectivity index (χ0v) is 17.4. The van der Waals surface area contributed by atoms with Gasteiger partial charge >= 0.3 is 0 Å². The van der Waals surface area contributed by atoms with Crippen molar-refractivity contribution in [1.82, 2.24) is 4.98 Å². The molecule has 4 rings (SSSR count). The summed E-state index contributed by atoms with van der Waals surface area (Å²) >= 11 is 0. The summed E-state index contributed by atoms with van der Waals surface area (Å²) in [5.74, 6) is 0.260. The molecule has 0 saturated heterocycles. The van der Waals surface area contributed by atoms with Gasteiger partial charge in [-0.3, -0.25) is 14.1 Å². The van der Waals surface area contributed by atoms with E-state index in [1.807, 2.05) is 6.92 Å². The Kier molecular flexibility index (Phi) is 5.13. The summed E-state index contributed by atoms with van der Waals surface area (Å²) in [6, 6.07) is 15.0. The fourth-order valence-corrected chi connectivity index (χ4v) is 4.81. The minimum atomic E-state index is -3.87. The smallest absolute Gasteiger partial charge is 0.264 e. The fourth-order valence-electron chi connectivity index (χ4n) is 3.35. The Hall–Kier alpha value is -3.45. The number of hydrogen-bond acceptors (Lipinski definition) is 5. The van der Waals surface area contributed by atoms with Crippen LogP contribution in [0.3, 0.4) is 0 Å². The van der Waals surface area contributed by atoms with Crippen molar-refractivity contribution in [3.8, 4) is 5.75 Å². The van der Waals surface area contributed by atoms with E-state index in [1.54, 1.807) is 73.1 Å². The second-order valence-electron chi connectivity index (χ2n) is 6.99. The van der Waals surface area contributed by atoms with Crippen molar-refractivity contribution in [3.05, 3.63) is 89.3 Å². The highest BCUT2D eigenvalue weighted by molar-refractivity contribution is 7.92. The van der Waals surface area contributed by atoms with Crippen LogP contribution in [0.2, 0.25) is 0 Å². The number of Topliss-reactive ketones (excluding diaryl/α,β-unsaturated/α-hetero) is 1. The van der Waals surface area contributed by atoms with Crippen molar-refractivity contribution in [2.24, 2.45) is 0 Å². The molecule has 0 spiro atoms. The first-order valence-corrected chi connectivity index (χ1v) is 10.8. The van der Waals surface area contributed by atoms with Crippen LogP contribution in [0.15, 0.2) is 77.5 Å². The number of anilines is 1. The molecular weight excluding hydrogens is 400 g/mol. The van der Waals surface area contributed by atoms with Crippen LogP contribution < -0.4 is 9.04 Å². The number of hydrogen-bond donors (Lipinski definition) is 0. The first kappa shape index (κ1) is 19.8. The molecule has 0 fully saturated rings. The zero-order chi connectivity index (χ0) is 21.3. The van der Waals surface area contributed by atoms with E-state index in [-0.39, 0.29) is 22.8 Å². The van der Waals surface area contributed by atoms with Crippen molar-refractivity contribution in [2.75, 3.05) is 18.0 Å². The highest BCUT2D eigenvalue weighted by atomic mass is 32.2. The summed E-state index contributed by atoms with van der Waals surface area (Å²) in [6.45, 7) is 1.84. The Balaban J connectivity index is 1.87. The van der Waals surface area contributed by atoms with Gasteiger partial charge in [0.1, 0.15) is 5.75 Å². The van der Waals surface area contributed by atoms with E-state index < -0.39 is 10.0 Å². The maximum absolute atomic E-state index is 13.5. The molecule has 0 N–H and O–H groups in total. The average molecular weight is 420 g/mol. The van der Waals surface area contributed by atoms with E-state index in [0.29, 0.717) is 17.0 Å². The van der Waals surface area contributed by atoms with Crippen molar-refractivity contribution in [3.63, 3.8) is 0 Å². The number of benzene rings is 2. The SMILES string of the molecule is COc1ccc2c(c1)C(=O)/C(=C\c1ccncc1)CN2S(=O)(=O)c1ccc(C)cc1. The Morgan fingerprint density at radius 3 is 2.40 bits per heavy atom. The summed E-state index contributed by atoms with van der Waals surface area (Å²) in [4.78, 5) is 17.3. The maximum atomic E-state index is 13.5. The normalized spacial score (nSPS) is 15.2. The quantitative estimate of drug-likeness (QED) is 0.599. The molecule has 0 radical (unpaired) electrons. The van der Waals surface area contributed by atoms with Crippen LogP contribution in [0.25, 0.3) is 6.08 Å². The number of ketones is 1. The Bertz CT molecular complexity index is 1230. The molecule has 2 aromatic carbocycles. The first-order chi connectivity index (χ1) is 14.4. The van der Waals surface area contributed by atoms with Gasteiger partial charge in [-0.15, -0.1) is 0 Å². The van der Waals surface area contributed by atoms with Gasteiger partial charge in [-0.2, -0.15) is 0 Å². The van der Waals surface area contributed by atoms with Crippen molar-refractivity contribution in [2.45, 2.75) is 11.8 Å². The van der Waals surface area contributed by atoms with E-state index in [4.69, 9.17) is 4.74 Å². The maximum Gasteiger partial charge on any atom is 0.264 e. The Morgan fingerprint density at radius 2 is 1.73 bits per heavy atom.